The second kappa shape index (κ2) is 29.9. The fourth-order valence-corrected chi connectivity index (χ4v) is 5.89. The van der Waals surface area contributed by atoms with Gasteiger partial charge >= 0.3 is 16.4 Å². The van der Waals surface area contributed by atoms with Crippen LogP contribution >= 0.6 is 0 Å². The summed E-state index contributed by atoms with van der Waals surface area (Å²) in [6.07, 6.45) is 22.9. The third-order valence-electron chi connectivity index (χ3n) is 8.27. The zero-order valence-electron chi connectivity index (χ0n) is 30.4. The van der Waals surface area contributed by atoms with E-state index in [-0.39, 0.29) is 19.6 Å². The molecule has 6 unspecified atom stereocenters. The minimum Gasteiger partial charge on any atom is -0.457 e. The van der Waals surface area contributed by atoms with Crippen LogP contribution in [-0.2, 0) is 38.3 Å². The standard InChI is InChI=1S/C37H66O12S/c1-3-5-7-8-9-10-11-12-13-14-15-16-17-18-19-20-21-22-23-25-27-45-29-31(47-33(39)26-24-6-4-2)30-46-37-35(41)36(49-50(42,43)44)34(40)32(28-38)48-37/h9-10,12-13,15-16,31-32,34-38,40-41H,3-8,11,14,17-30H2,1-2H3,(H,42,43,44)/b10-9-,13-12-,16-15-. The number of hydrogen-bond acceptors (Lipinski definition) is 11. The molecule has 292 valence electrons. The molecule has 0 radical (unpaired) electrons. The summed E-state index contributed by atoms with van der Waals surface area (Å²) in [5.74, 6) is -0.430. The normalized spacial score (nSPS) is 22.2. The maximum Gasteiger partial charge on any atom is 0.397 e. The molecule has 0 bridgehead atoms. The fraction of sp³-hybridized carbons (Fsp3) is 0.811. The van der Waals surface area contributed by atoms with Gasteiger partial charge in [0.2, 0.25) is 0 Å². The van der Waals surface area contributed by atoms with Gasteiger partial charge < -0.3 is 34.3 Å². The summed E-state index contributed by atoms with van der Waals surface area (Å²) in [4.78, 5) is 12.4. The number of unbranched alkanes of at least 4 members (excludes halogenated alkanes) is 12. The summed E-state index contributed by atoms with van der Waals surface area (Å²) in [5, 5.41) is 30.3. The number of rotatable bonds is 31. The highest BCUT2D eigenvalue weighted by atomic mass is 32.3. The monoisotopic (exact) mass is 734 g/mol. The van der Waals surface area contributed by atoms with Gasteiger partial charge in [0.1, 0.15) is 30.5 Å². The zero-order valence-corrected chi connectivity index (χ0v) is 31.3. The highest BCUT2D eigenvalue weighted by Gasteiger charge is 2.48. The highest BCUT2D eigenvalue weighted by molar-refractivity contribution is 7.80. The largest absolute Gasteiger partial charge is 0.457 e. The Morgan fingerprint density at radius 2 is 1.32 bits per heavy atom. The molecular formula is C37H66O12S. The molecule has 0 aromatic heterocycles. The van der Waals surface area contributed by atoms with Crippen LogP contribution in [0.3, 0.4) is 0 Å². The van der Waals surface area contributed by atoms with E-state index in [2.05, 4.69) is 47.6 Å². The van der Waals surface area contributed by atoms with Crippen LogP contribution in [-0.4, -0.2) is 97.5 Å². The maximum absolute atomic E-state index is 12.4. The van der Waals surface area contributed by atoms with Crippen molar-refractivity contribution in [2.75, 3.05) is 26.4 Å². The zero-order chi connectivity index (χ0) is 36.9. The number of hydrogen-bond donors (Lipinski definition) is 4. The highest BCUT2D eigenvalue weighted by Crippen LogP contribution is 2.26. The Morgan fingerprint density at radius 1 is 0.760 bits per heavy atom. The van der Waals surface area contributed by atoms with Gasteiger partial charge in [0.25, 0.3) is 0 Å². The summed E-state index contributed by atoms with van der Waals surface area (Å²) in [5.41, 5.74) is 0. The molecule has 12 nitrogen and oxygen atoms in total. The van der Waals surface area contributed by atoms with Crippen molar-refractivity contribution in [3.8, 4) is 0 Å². The van der Waals surface area contributed by atoms with Crippen LogP contribution in [0.5, 0.6) is 0 Å². The van der Waals surface area contributed by atoms with E-state index in [1.165, 1.54) is 51.4 Å². The Balaban J connectivity index is 2.32. The summed E-state index contributed by atoms with van der Waals surface area (Å²) < 4.78 is 58.2. The Morgan fingerprint density at radius 3 is 1.92 bits per heavy atom. The van der Waals surface area contributed by atoms with E-state index in [9.17, 15) is 28.5 Å². The number of esters is 1. The predicted molar refractivity (Wildman–Crippen MR) is 193 cm³/mol. The van der Waals surface area contributed by atoms with Crippen LogP contribution in [0, 0.1) is 0 Å². The molecule has 0 aliphatic carbocycles. The molecule has 0 spiro atoms. The van der Waals surface area contributed by atoms with Gasteiger partial charge in [-0.1, -0.05) is 108 Å². The smallest absolute Gasteiger partial charge is 0.397 e. The molecule has 4 N–H and O–H groups in total. The van der Waals surface area contributed by atoms with Crippen molar-refractivity contribution < 1.29 is 56.2 Å². The van der Waals surface area contributed by atoms with Gasteiger partial charge in [-0.25, -0.2) is 4.18 Å². The van der Waals surface area contributed by atoms with Gasteiger partial charge in [-0.3, -0.25) is 9.35 Å². The maximum atomic E-state index is 12.4. The number of ether oxygens (including phenoxy) is 4. The third-order valence-corrected chi connectivity index (χ3v) is 8.73. The van der Waals surface area contributed by atoms with E-state index < -0.39 is 59.8 Å². The van der Waals surface area contributed by atoms with Crippen molar-refractivity contribution >= 4 is 16.4 Å². The molecule has 1 heterocycles. The molecule has 1 saturated heterocycles. The van der Waals surface area contributed by atoms with E-state index >= 15 is 0 Å². The van der Waals surface area contributed by atoms with E-state index in [1.54, 1.807) is 0 Å². The lowest BCUT2D eigenvalue weighted by Crippen LogP contribution is -2.60. The van der Waals surface area contributed by atoms with Gasteiger partial charge in [-0.05, 0) is 51.4 Å². The first kappa shape index (κ1) is 46.3. The molecule has 0 aromatic carbocycles. The van der Waals surface area contributed by atoms with Crippen LogP contribution in [0.4, 0.5) is 0 Å². The van der Waals surface area contributed by atoms with Crippen LogP contribution in [0.25, 0.3) is 0 Å². The Kier molecular flexibility index (Phi) is 27.7. The number of carbonyl (C=O) groups is 1. The molecule has 1 aliphatic rings. The summed E-state index contributed by atoms with van der Waals surface area (Å²) in [6, 6.07) is 0. The predicted octanol–water partition coefficient (Wildman–Crippen LogP) is 6.29. The first-order valence-corrected chi connectivity index (χ1v) is 20.1. The van der Waals surface area contributed by atoms with E-state index in [4.69, 9.17) is 23.5 Å². The number of carbonyl (C=O) groups excluding carboxylic acids is 1. The SMILES string of the molecule is CCCCC/C=C\C/C=C\C/C=C\CCCCCCCCCOCC(COC1OC(CO)C(O)C(OS(=O)(=O)O)C1O)OC(=O)CCCCC. The van der Waals surface area contributed by atoms with E-state index in [0.29, 0.717) is 13.0 Å². The Bertz CT molecular complexity index is 1030. The van der Waals surface area contributed by atoms with Crippen molar-refractivity contribution in [2.45, 2.75) is 166 Å². The van der Waals surface area contributed by atoms with Crippen LogP contribution in [0.1, 0.15) is 129 Å². The second-order valence-electron chi connectivity index (χ2n) is 12.8. The van der Waals surface area contributed by atoms with E-state index in [0.717, 1.165) is 51.4 Å². The number of aliphatic hydroxyl groups is 3. The quantitative estimate of drug-likeness (QED) is 0.0271. The first-order valence-electron chi connectivity index (χ1n) is 18.7. The van der Waals surface area contributed by atoms with Crippen LogP contribution in [0.2, 0.25) is 0 Å². The van der Waals surface area contributed by atoms with Crippen molar-refractivity contribution in [2.24, 2.45) is 0 Å². The first-order chi connectivity index (χ1) is 24.1. The minimum atomic E-state index is -5.05. The summed E-state index contributed by atoms with van der Waals surface area (Å²) in [6.45, 7) is 3.71. The summed E-state index contributed by atoms with van der Waals surface area (Å²) in [7, 11) is -5.05. The lowest BCUT2D eigenvalue weighted by Gasteiger charge is -2.41. The van der Waals surface area contributed by atoms with Gasteiger partial charge in [-0.2, -0.15) is 8.42 Å². The van der Waals surface area contributed by atoms with Crippen molar-refractivity contribution in [3.63, 3.8) is 0 Å². The molecule has 0 aromatic rings. The van der Waals surface area contributed by atoms with Crippen LogP contribution < -0.4 is 0 Å². The lowest BCUT2D eigenvalue weighted by atomic mass is 9.99. The second-order valence-corrected chi connectivity index (χ2v) is 13.9. The topological polar surface area (TPSA) is 178 Å². The molecule has 6 atom stereocenters. The molecule has 1 rings (SSSR count). The van der Waals surface area contributed by atoms with Crippen molar-refractivity contribution in [1.29, 1.82) is 0 Å². The van der Waals surface area contributed by atoms with Crippen LogP contribution in [0.15, 0.2) is 36.5 Å². The van der Waals surface area contributed by atoms with Gasteiger partial charge in [0.15, 0.2) is 6.29 Å². The Hall–Kier alpha value is -1.68. The van der Waals surface area contributed by atoms with Gasteiger partial charge in [0, 0.05) is 13.0 Å². The third kappa shape index (κ3) is 23.7. The molecule has 1 fully saturated rings. The molecular weight excluding hydrogens is 668 g/mol. The van der Waals surface area contributed by atoms with Gasteiger partial charge in [0.05, 0.1) is 19.8 Å². The minimum absolute atomic E-state index is 0.0266. The van der Waals surface area contributed by atoms with E-state index in [1.807, 2.05) is 6.92 Å². The molecule has 50 heavy (non-hydrogen) atoms. The lowest BCUT2D eigenvalue weighted by molar-refractivity contribution is -0.301. The molecule has 0 saturated carbocycles. The fourth-order valence-electron chi connectivity index (χ4n) is 5.38. The van der Waals surface area contributed by atoms with Crippen molar-refractivity contribution in [3.05, 3.63) is 36.5 Å². The number of allylic oxidation sites excluding steroid dienone is 6. The van der Waals surface area contributed by atoms with Crippen molar-refractivity contribution in [1.82, 2.24) is 0 Å². The average Bonchev–Trinajstić information content (AvgIpc) is 3.08. The number of aliphatic hydroxyl groups excluding tert-OH is 3. The molecule has 1 aliphatic heterocycles. The molecule has 0 amide bonds. The Labute approximate surface area is 301 Å². The average molecular weight is 735 g/mol. The summed E-state index contributed by atoms with van der Waals surface area (Å²) >= 11 is 0. The molecule has 13 heteroatoms. The van der Waals surface area contributed by atoms with Gasteiger partial charge in [-0.15, -0.1) is 0 Å².